The predicted octanol–water partition coefficient (Wildman–Crippen LogP) is 18.2. The summed E-state index contributed by atoms with van der Waals surface area (Å²) in [5.74, 6) is 1.74. The first-order chi connectivity index (χ1) is 37.6. The smallest absolute Gasteiger partial charge is 0.254 e. The number of hydrogen-bond acceptors (Lipinski definition) is 4. The molecule has 0 radical (unpaired) electrons. The molecule has 2 aliphatic heterocycles. The molecule has 5 heteroatoms. The highest BCUT2D eigenvalue weighted by Crippen LogP contribution is 2.49. The molecule has 1 aromatic heterocycles. The lowest BCUT2D eigenvalue weighted by Gasteiger charge is -2.43. The zero-order valence-corrected chi connectivity index (χ0v) is 46.3. The molecular weight excluding hydrogens is 944 g/mol. The number of benzene rings is 10. The monoisotopic (exact) mass is 1010 g/mol. The highest BCUT2D eigenvalue weighted by atomic mass is 15.3. The van der Waals surface area contributed by atoms with E-state index in [0.29, 0.717) is 0 Å². The van der Waals surface area contributed by atoms with Gasteiger partial charge < -0.3 is 4.90 Å². The largest absolute Gasteiger partial charge is 0.311 e. The van der Waals surface area contributed by atoms with Crippen LogP contribution in [-0.2, 0) is 16.2 Å². The molecule has 0 N–H and O–H groups in total. The summed E-state index contributed by atoms with van der Waals surface area (Å²) in [5, 5.41) is 5.04. The predicted molar refractivity (Wildman–Crippen MR) is 335 cm³/mol. The standard InChI is InChI=1S/C73H65BN4/c1-71(2,3)49-38-44-64(59(47-49)56-40-42-61(73(7,8)9)58-33-19-17-31-55(56)58)77(52-29-22-24-48(46-52)53-39-41-60(72(4,5)6)57-32-18-16-30-54(53)57)68-45-43-63-70(75-68)78(51-27-14-11-15-28-51)67-37-23-36-66-69(67)74(63)62-34-20-21-35-65(62)76(66)50-25-12-10-13-26-50/h10-47H,1-9H3. The first-order valence-electron chi connectivity index (χ1n) is 27.7. The van der Waals surface area contributed by atoms with Crippen LogP contribution in [0.5, 0.6) is 0 Å². The van der Waals surface area contributed by atoms with Gasteiger partial charge in [0.25, 0.3) is 6.71 Å². The first kappa shape index (κ1) is 48.9. The molecule has 0 fully saturated rings. The van der Waals surface area contributed by atoms with Crippen LogP contribution in [0.25, 0.3) is 43.8 Å². The molecule has 0 saturated heterocycles. The number of anilines is 9. The van der Waals surface area contributed by atoms with Gasteiger partial charge in [0.15, 0.2) is 0 Å². The molecule has 0 unspecified atom stereocenters. The van der Waals surface area contributed by atoms with Crippen molar-refractivity contribution < 1.29 is 0 Å². The summed E-state index contributed by atoms with van der Waals surface area (Å²) in [4.78, 5) is 13.4. The van der Waals surface area contributed by atoms with Crippen LogP contribution >= 0.6 is 0 Å². The van der Waals surface area contributed by atoms with E-state index in [0.717, 1.165) is 56.7 Å². The maximum Gasteiger partial charge on any atom is 0.254 e. The van der Waals surface area contributed by atoms with Crippen LogP contribution in [0.4, 0.5) is 51.4 Å². The molecule has 10 aromatic carbocycles. The maximum atomic E-state index is 6.07. The fraction of sp³-hybridized carbons (Fsp3) is 0.164. The Morgan fingerprint density at radius 2 is 0.923 bits per heavy atom. The second kappa shape index (κ2) is 18.5. The fourth-order valence-corrected chi connectivity index (χ4v) is 12.6. The number of pyridine rings is 1. The van der Waals surface area contributed by atoms with Crippen LogP contribution in [0.2, 0.25) is 0 Å². The minimum absolute atomic E-state index is 0.0174. The van der Waals surface area contributed by atoms with Gasteiger partial charge in [0.2, 0.25) is 0 Å². The lowest BCUT2D eigenvalue weighted by molar-refractivity contribution is 0.590. The van der Waals surface area contributed by atoms with E-state index in [1.54, 1.807) is 0 Å². The molecule has 13 rings (SSSR count). The summed E-state index contributed by atoms with van der Waals surface area (Å²) in [6.45, 7) is 20.8. The summed E-state index contributed by atoms with van der Waals surface area (Å²) >= 11 is 0. The van der Waals surface area contributed by atoms with Gasteiger partial charge in [-0.25, -0.2) is 4.98 Å². The van der Waals surface area contributed by atoms with E-state index >= 15 is 0 Å². The van der Waals surface area contributed by atoms with Gasteiger partial charge in [-0.2, -0.15) is 0 Å². The molecule has 0 spiro atoms. The van der Waals surface area contributed by atoms with Crippen molar-refractivity contribution in [1.82, 2.24) is 4.98 Å². The van der Waals surface area contributed by atoms with Crippen molar-refractivity contribution in [3.8, 4) is 22.3 Å². The number of aromatic nitrogens is 1. The van der Waals surface area contributed by atoms with Crippen LogP contribution < -0.4 is 31.1 Å². The van der Waals surface area contributed by atoms with Crippen molar-refractivity contribution in [3.63, 3.8) is 0 Å². The van der Waals surface area contributed by atoms with Crippen LogP contribution in [0.1, 0.15) is 79.0 Å². The van der Waals surface area contributed by atoms with Crippen LogP contribution in [-0.4, -0.2) is 11.7 Å². The first-order valence-corrected chi connectivity index (χ1v) is 27.7. The lowest BCUT2D eigenvalue weighted by Crippen LogP contribution is -2.61. The highest BCUT2D eigenvalue weighted by molar-refractivity contribution is 7.00. The lowest BCUT2D eigenvalue weighted by atomic mass is 9.33. The maximum absolute atomic E-state index is 6.07. The molecule has 3 heterocycles. The molecule has 2 aliphatic rings. The fourth-order valence-electron chi connectivity index (χ4n) is 12.6. The molecule has 380 valence electrons. The quantitative estimate of drug-likeness (QED) is 0.148. The second-order valence-electron chi connectivity index (χ2n) is 24.4. The van der Waals surface area contributed by atoms with Crippen LogP contribution in [0.3, 0.4) is 0 Å². The number of rotatable bonds is 7. The number of fused-ring (bicyclic) bond motifs is 6. The SMILES string of the molecule is CC(C)(C)c1ccc(N(c2cccc(-c3ccc(C(C)(C)C)c4ccccc34)c2)c2ccc3c(n2)N(c2ccccc2)c2cccc4c2B3c2ccccc2N4c2ccccc2)c(-c2ccc(C(C)(C)C)c3ccccc23)c1. The molecule has 0 amide bonds. The average Bonchev–Trinajstić information content (AvgIpc) is 3.59. The second-order valence-corrected chi connectivity index (χ2v) is 24.4. The van der Waals surface area contributed by atoms with Crippen molar-refractivity contribution in [3.05, 3.63) is 247 Å². The molecule has 0 bridgehead atoms. The van der Waals surface area contributed by atoms with Gasteiger partial charge in [-0.3, -0.25) is 9.80 Å². The van der Waals surface area contributed by atoms with Gasteiger partial charge >= 0.3 is 0 Å². The van der Waals surface area contributed by atoms with E-state index in [1.165, 1.54) is 71.7 Å². The Balaban J connectivity index is 1.09. The minimum Gasteiger partial charge on any atom is -0.311 e. The minimum atomic E-state index is -0.113. The van der Waals surface area contributed by atoms with Gasteiger partial charge in [-0.15, -0.1) is 0 Å². The van der Waals surface area contributed by atoms with Gasteiger partial charge in [0, 0.05) is 39.7 Å². The normalized spacial score (nSPS) is 13.1. The third-order valence-corrected chi connectivity index (χ3v) is 16.3. The van der Waals surface area contributed by atoms with Gasteiger partial charge in [-0.1, -0.05) is 220 Å². The van der Waals surface area contributed by atoms with Crippen molar-refractivity contribution in [2.75, 3.05) is 14.7 Å². The molecule has 0 saturated carbocycles. The molecule has 4 nitrogen and oxygen atoms in total. The summed E-state index contributed by atoms with van der Waals surface area (Å²) in [6, 6.07) is 85.6. The Hall–Kier alpha value is -8.67. The Morgan fingerprint density at radius 3 is 1.56 bits per heavy atom. The van der Waals surface area contributed by atoms with E-state index in [-0.39, 0.29) is 23.0 Å². The molecule has 0 atom stereocenters. The Kier molecular flexibility index (Phi) is 11.6. The van der Waals surface area contributed by atoms with Crippen molar-refractivity contribution in [2.24, 2.45) is 0 Å². The topological polar surface area (TPSA) is 22.6 Å². The molecule has 78 heavy (non-hydrogen) atoms. The van der Waals surface area contributed by atoms with E-state index in [4.69, 9.17) is 4.98 Å². The summed E-state index contributed by atoms with van der Waals surface area (Å²) < 4.78 is 0. The van der Waals surface area contributed by atoms with E-state index in [9.17, 15) is 0 Å². The third-order valence-electron chi connectivity index (χ3n) is 16.3. The number of nitrogens with zero attached hydrogens (tertiary/aromatic N) is 4. The van der Waals surface area contributed by atoms with Crippen LogP contribution in [0.15, 0.2) is 231 Å². The van der Waals surface area contributed by atoms with Crippen molar-refractivity contribution >= 4 is 96.1 Å². The van der Waals surface area contributed by atoms with Crippen molar-refractivity contribution in [2.45, 2.75) is 78.6 Å². The highest BCUT2D eigenvalue weighted by Gasteiger charge is 2.44. The zero-order valence-electron chi connectivity index (χ0n) is 46.3. The molecule has 0 aliphatic carbocycles. The Bertz CT molecular complexity index is 4120. The van der Waals surface area contributed by atoms with E-state index in [2.05, 4.69) is 308 Å². The molecule has 11 aromatic rings. The van der Waals surface area contributed by atoms with E-state index in [1.807, 2.05) is 0 Å². The summed E-state index contributed by atoms with van der Waals surface area (Å²) in [5.41, 5.74) is 19.9. The summed E-state index contributed by atoms with van der Waals surface area (Å²) in [6.07, 6.45) is 0. The molecular formula is C73H65BN4. The van der Waals surface area contributed by atoms with Crippen molar-refractivity contribution in [1.29, 1.82) is 0 Å². The van der Waals surface area contributed by atoms with Gasteiger partial charge in [0.05, 0.1) is 5.69 Å². The number of para-hydroxylation sites is 3. The zero-order chi connectivity index (χ0) is 53.7. The van der Waals surface area contributed by atoms with Gasteiger partial charge in [0.1, 0.15) is 11.6 Å². The van der Waals surface area contributed by atoms with Crippen LogP contribution in [0, 0.1) is 0 Å². The third kappa shape index (κ3) is 8.18. The van der Waals surface area contributed by atoms with Gasteiger partial charge in [-0.05, 0) is 160 Å². The van der Waals surface area contributed by atoms with E-state index < -0.39 is 0 Å². The Morgan fingerprint density at radius 1 is 0.385 bits per heavy atom. The Labute approximate surface area is 461 Å². The average molecular weight is 1010 g/mol. The summed E-state index contributed by atoms with van der Waals surface area (Å²) in [7, 11) is 0. The number of hydrogen-bond donors (Lipinski definition) is 0.